The summed E-state index contributed by atoms with van der Waals surface area (Å²) in [5, 5.41) is 0. The van der Waals surface area contributed by atoms with Crippen LogP contribution in [0.2, 0.25) is 0 Å². The minimum Gasteiger partial charge on any atom is -0.392 e. The molecule has 1 saturated heterocycles. The summed E-state index contributed by atoms with van der Waals surface area (Å²) in [5.41, 5.74) is 5.45. The minimum atomic E-state index is -0.614. The van der Waals surface area contributed by atoms with E-state index in [2.05, 4.69) is 25.7 Å². The van der Waals surface area contributed by atoms with Crippen LogP contribution in [-0.2, 0) is 4.79 Å². The van der Waals surface area contributed by atoms with Crippen molar-refractivity contribution in [2.45, 2.75) is 84.6 Å². The zero-order chi connectivity index (χ0) is 15.9. The van der Waals surface area contributed by atoms with Gasteiger partial charge >= 0.3 is 0 Å². The van der Waals surface area contributed by atoms with Gasteiger partial charge in [-0.3, -0.25) is 4.79 Å². The van der Waals surface area contributed by atoms with E-state index in [-0.39, 0.29) is 5.91 Å². The molecule has 0 saturated carbocycles. The Morgan fingerprint density at radius 3 is 2.29 bits per heavy atom. The van der Waals surface area contributed by atoms with Gasteiger partial charge in [-0.15, -0.1) is 0 Å². The van der Waals surface area contributed by atoms with E-state index in [1.54, 1.807) is 0 Å². The zero-order valence-corrected chi connectivity index (χ0v) is 14.8. The highest BCUT2D eigenvalue weighted by atomic mass is 32.1. The van der Waals surface area contributed by atoms with Gasteiger partial charge in [0.2, 0.25) is 5.91 Å². The minimum absolute atomic E-state index is 0.201. The molecule has 1 fully saturated rings. The summed E-state index contributed by atoms with van der Waals surface area (Å²) < 4.78 is 0. The first-order valence-electron chi connectivity index (χ1n) is 8.64. The van der Waals surface area contributed by atoms with Gasteiger partial charge in [-0.05, 0) is 32.1 Å². The molecular formula is C17H32N2OS. The maximum Gasteiger partial charge on any atom is 0.235 e. The van der Waals surface area contributed by atoms with Gasteiger partial charge in [-0.2, -0.15) is 0 Å². The monoisotopic (exact) mass is 312 g/mol. The average Bonchev–Trinajstić information content (AvgIpc) is 2.70. The summed E-state index contributed by atoms with van der Waals surface area (Å²) in [6, 6.07) is 0.363. The molecule has 1 unspecified atom stereocenters. The van der Waals surface area contributed by atoms with E-state index in [1.165, 1.54) is 12.8 Å². The van der Waals surface area contributed by atoms with E-state index in [1.807, 2.05) is 0 Å². The normalized spacial score (nSPS) is 20.1. The highest BCUT2D eigenvalue weighted by Crippen LogP contribution is 2.35. The van der Waals surface area contributed by atoms with Crippen molar-refractivity contribution in [1.82, 2.24) is 4.90 Å². The summed E-state index contributed by atoms with van der Waals surface area (Å²) in [4.78, 5) is 15.8. The molecule has 1 heterocycles. The van der Waals surface area contributed by atoms with Crippen LogP contribution in [0.15, 0.2) is 0 Å². The van der Waals surface area contributed by atoms with E-state index >= 15 is 0 Å². The molecule has 0 radical (unpaired) electrons. The Labute approximate surface area is 135 Å². The number of carbonyl (C=O) groups is 1. The Bertz CT molecular complexity index is 351. The second-order valence-electron chi connectivity index (χ2n) is 6.36. The van der Waals surface area contributed by atoms with Crippen LogP contribution in [-0.4, -0.2) is 28.4 Å². The van der Waals surface area contributed by atoms with E-state index < -0.39 is 5.41 Å². The van der Waals surface area contributed by atoms with E-state index in [0.717, 1.165) is 51.5 Å². The molecule has 21 heavy (non-hydrogen) atoms. The third kappa shape index (κ3) is 4.18. The van der Waals surface area contributed by atoms with Crippen molar-refractivity contribution in [3.05, 3.63) is 0 Å². The average molecular weight is 313 g/mol. The van der Waals surface area contributed by atoms with Crippen LogP contribution in [0.5, 0.6) is 0 Å². The largest absolute Gasteiger partial charge is 0.392 e. The van der Waals surface area contributed by atoms with Gasteiger partial charge in [-0.25, -0.2) is 0 Å². The lowest BCUT2D eigenvalue weighted by atomic mass is 9.77. The SMILES string of the molecule is CCCC(CCC)(C(=O)N1CCCCCC1CC)C(N)=S. The molecule has 1 atom stereocenters. The Hall–Kier alpha value is -0.640. The van der Waals surface area contributed by atoms with Gasteiger partial charge in [0.25, 0.3) is 0 Å². The summed E-state index contributed by atoms with van der Waals surface area (Å²) in [6.45, 7) is 7.26. The number of amides is 1. The first-order valence-corrected chi connectivity index (χ1v) is 9.05. The van der Waals surface area contributed by atoms with E-state index in [0.29, 0.717) is 11.0 Å². The number of hydrogen-bond donors (Lipinski definition) is 1. The van der Waals surface area contributed by atoms with Crippen molar-refractivity contribution < 1.29 is 4.79 Å². The molecule has 1 amide bonds. The highest BCUT2D eigenvalue weighted by Gasteiger charge is 2.44. The Morgan fingerprint density at radius 1 is 1.19 bits per heavy atom. The van der Waals surface area contributed by atoms with Crippen LogP contribution in [0.4, 0.5) is 0 Å². The Morgan fingerprint density at radius 2 is 1.81 bits per heavy atom. The fraction of sp³-hybridized carbons (Fsp3) is 0.882. The molecule has 0 bridgehead atoms. The standard InChI is InChI=1S/C17H32N2OS/c1-4-11-17(12-5-2,15(18)21)16(20)19-13-9-7-8-10-14(19)6-3/h14H,4-13H2,1-3H3,(H2,18,21). The first-order chi connectivity index (χ1) is 10.0. The quantitative estimate of drug-likeness (QED) is 0.722. The smallest absolute Gasteiger partial charge is 0.235 e. The number of likely N-dealkylation sites (tertiary alicyclic amines) is 1. The van der Waals surface area contributed by atoms with Gasteiger partial charge in [0.05, 0.1) is 10.4 Å². The molecule has 122 valence electrons. The fourth-order valence-corrected chi connectivity index (χ4v) is 3.98. The molecule has 4 heteroatoms. The lowest BCUT2D eigenvalue weighted by molar-refractivity contribution is -0.141. The van der Waals surface area contributed by atoms with E-state index in [4.69, 9.17) is 18.0 Å². The number of nitrogens with zero attached hydrogens (tertiary/aromatic N) is 1. The number of nitrogens with two attached hydrogens (primary N) is 1. The second-order valence-corrected chi connectivity index (χ2v) is 6.80. The van der Waals surface area contributed by atoms with Gasteiger partial charge in [0.1, 0.15) is 0 Å². The molecule has 1 rings (SSSR count). The summed E-state index contributed by atoms with van der Waals surface area (Å²) >= 11 is 5.34. The molecule has 3 nitrogen and oxygen atoms in total. The van der Waals surface area contributed by atoms with Crippen molar-refractivity contribution >= 4 is 23.1 Å². The topological polar surface area (TPSA) is 46.3 Å². The third-order valence-corrected chi connectivity index (χ3v) is 5.23. The number of thiocarbonyl (C=S) groups is 1. The lowest BCUT2D eigenvalue weighted by Crippen LogP contribution is -2.53. The number of hydrogen-bond acceptors (Lipinski definition) is 2. The lowest BCUT2D eigenvalue weighted by Gasteiger charge is -2.39. The predicted octanol–water partition coefficient (Wildman–Crippen LogP) is 4.04. The second kappa shape index (κ2) is 8.72. The van der Waals surface area contributed by atoms with Gasteiger partial charge in [-0.1, -0.05) is 58.7 Å². The molecule has 0 aromatic carbocycles. The molecule has 1 aliphatic heterocycles. The van der Waals surface area contributed by atoms with Crippen molar-refractivity contribution in [2.75, 3.05) is 6.54 Å². The predicted molar refractivity (Wildman–Crippen MR) is 93.3 cm³/mol. The highest BCUT2D eigenvalue weighted by molar-refractivity contribution is 7.80. The third-order valence-electron chi connectivity index (χ3n) is 4.84. The number of carbonyl (C=O) groups excluding carboxylic acids is 1. The zero-order valence-electron chi connectivity index (χ0n) is 14.0. The van der Waals surface area contributed by atoms with Crippen LogP contribution in [0.1, 0.15) is 78.6 Å². The summed E-state index contributed by atoms with van der Waals surface area (Å²) in [7, 11) is 0. The van der Waals surface area contributed by atoms with Gasteiger partial charge in [0.15, 0.2) is 0 Å². The maximum atomic E-state index is 13.3. The molecule has 1 aliphatic rings. The Kier molecular flexibility index (Phi) is 7.64. The van der Waals surface area contributed by atoms with Gasteiger partial charge < -0.3 is 10.6 Å². The molecule has 2 N–H and O–H groups in total. The maximum absolute atomic E-state index is 13.3. The van der Waals surface area contributed by atoms with Crippen molar-refractivity contribution in [3.8, 4) is 0 Å². The molecule has 0 aliphatic carbocycles. The number of rotatable bonds is 7. The first kappa shape index (κ1) is 18.4. The molecular weight excluding hydrogens is 280 g/mol. The van der Waals surface area contributed by atoms with Crippen LogP contribution in [0.25, 0.3) is 0 Å². The van der Waals surface area contributed by atoms with Crippen LogP contribution in [0, 0.1) is 5.41 Å². The summed E-state index contributed by atoms with van der Waals surface area (Å²) in [5.74, 6) is 0.201. The molecule has 0 aromatic heterocycles. The van der Waals surface area contributed by atoms with Crippen LogP contribution >= 0.6 is 12.2 Å². The summed E-state index contributed by atoms with van der Waals surface area (Å²) in [6.07, 6.45) is 9.14. The van der Waals surface area contributed by atoms with Gasteiger partial charge in [0, 0.05) is 12.6 Å². The van der Waals surface area contributed by atoms with Crippen LogP contribution < -0.4 is 5.73 Å². The van der Waals surface area contributed by atoms with Crippen molar-refractivity contribution in [3.63, 3.8) is 0 Å². The van der Waals surface area contributed by atoms with Crippen molar-refractivity contribution in [1.29, 1.82) is 0 Å². The molecule has 0 spiro atoms. The molecule has 0 aromatic rings. The van der Waals surface area contributed by atoms with E-state index in [9.17, 15) is 4.79 Å². The van der Waals surface area contributed by atoms with Crippen molar-refractivity contribution in [2.24, 2.45) is 11.1 Å². The Balaban J connectivity index is 3.08. The van der Waals surface area contributed by atoms with Crippen LogP contribution in [0.3, 0.4) is 0 Å². The fourth-order valence-electron chi connectivity index (χ4n) is 3.69.